The number of rotatable bonds is 4. The Morgan fingerprint density at radius 3 is 1.37 bits per heavy atom. The molecule has 1 nitrogen and oxygen atoms in total. The highest BCUT2D eigenvalue weighted by atomic mass is 19.4. The summed E-state index contributed by atoms with van der Waals surface area (Å²) in [7, 11) is 0. The zero-order chi connectivity index (χ0) is 28.0. The lowest BCUT2D eigenvalue weighted by atomic mass is 9.95. The summed E-state index contributed by atoms with van der Waals surface area (Å²) in [4.78, 5) is 0. The summed E-state index contributed by atoms with van der Waals surface area (Å²) in [6.45, 7) is 0. The molecule has 0 unspecified atom stereocenters. The summed E-state index contributed by atoms with van der Waals surface area (Å²) in [6, 6.07) is 44.5. The van der Waals surface area contributed by atoms with Crippen LogP contribution in [0.1, 0.15) is 5.56 Å². The van der Waals surface area contributed by atoms with Gasteiger partial charge in [0.05, 0.1) is 5.56 Å². The van der Waals surface area contributed by atoms with E-state index in [1.54, 1.807) is 0 Å². The van der Waals surface area contributed by atoms with E-state index in [1.807, 2.05) is 54.6 Å². The Balaban J connectivity index is 1.13. The summed E-state index contributed by atoms with van der Waals surface area (Å²) >= 11 is 0. The minimum atomic E-state index is -4.34. The molecule has 7 rings (SSSR count). The monoisotopic (exact) mass is 540 g/mol. The van der Waals surface area contributed by atoms with Crippen LogP contribution in [-0.2, 0) is 6.18 Å². The van der Waals surface area contributed by atoms with Crippen LogP contribution in [-0.4, -0.2) is 0 Å². The molecule has 0 saturated heterocycles. The molecule has 0 saturated carbocycles. The quantitative estimate of drug-likeness (QED) is 0.216. The van der Waals surface area contributed by atoms with E-state index in [9.17, 15) is 13.2 Å². The van der Waals surface area contributed by atoms with Gasteiger partial charge in [-0.15, -0.1) is 0 Å². The van der Waals surface area contributed by atoms with E-state index in [2.05, 4.69) is 60.7 Å². The normalized spacial score (nSPS) is 11.8. The van der Waals surface area contributed by atoms with Crippen molar-refractivity contribution >= 4 is 21.9 Å². The number of fused-ring (bicyclic) bond motifs is 3. The first-order chi connectivity index (χ1) is 19.9. The molecule has 0 aliphatic carbocycles. The number of alkyl halides is 3. The maximum Gasteiger partial charge on any atom is 0.416 e. The molecular weight excluding hydrogens is 517 g/mol. The topological polar surface area (TPSA) is 13.1 Å². The van der Waals surface area contributed by atoms with Gasteiger partial charge in [0.2, 0.25) is 0 Å². The molecule has 1 aromatic heterocycles. The highest BCUT2D eigenvalue weighted by Gasteiger charge is 2.29. The van der Waals surface area contributed by atoms with Crippen molar-refractivity contribution in [1.82, 2.24) is 0 Å². The fraction of sp³-hybridized carbons (Fsp3) is 0.0270. The van der Waals surface area contributed by atoms with Crippen molar-refractivity contribution < 1.29 is 17.6 Å². The van der Waals surface area contributed by atoms with Crippen LogP contribution < -0.4 is 0 Å². The molecule has 4 heteroatoms. The lowest BCUT2D eigenvalue weighted by molar-refractivity contribution is -0.137. The van der Waals surface area contributed by atoms with Crippen LogP contribution in [0.25, 0.3) is 66.4 Å². The van der Waals surface area contributed by atoms with E-state index < -0.39 is 11.7 Å². The molecule has 0 aliphatic rings. The van der Waals surface area contributed by atoms with Crippen molar-refractivity contribution in [2.45, 2.75) is 6.18 Å². The van der Waals surface area contributed by atoms with E-state index in [0.29, 0.717) is 0 Å². The van der Waals surface area contributed by atoms with Gasteiger partial charge in [0, 0.05) is 10.8 Å². The zero-order valence-corrected chi connectivity index (χ0v) is 21.8. The number of halogens is 3. The van der Waals surface area contributed by atoms with E-state index in [0.717, 1.165) is 78.6 Å². The van der Waals surface area contributed by atoms with Crippen LogP contribution in [0, 0.1) is 0 Å². The second-order valence-corrected chi connectivity index (χ2v) is 10.1. The van der Waals surface area contributed by atoms with Gasteiger partial charge in [0.1, 0.15) is 11.2 Å². The number of hydrogen-bond acceptors (Lipinski definition) is 1. The van der Waals surface area contributed by atoms with Crippen LogP contribution >= 0.6 is 0 Å². The smallest absolute Gasteiger partial charge is 0.416 e. The van der Waals surface area contributed by atoms with Crippen molar-refractivity contribution in [3.05, 3.63) is 145 Å². The molecule has 0 fully saturated rings. The van der Waals surface area contributed by atoms with E-state index in [1.165, 1.54) is 12.1 Å². The number of furan rings is 1. The summed E-state index contributed by atoms with van der Waals surface area (Å²) in [5.74, 6) is 0. The molecule has 0 spiro atoms. The first kappa shape index (κ1) is 24.9. The molecule has 1 heterocycles. The van der Waals surface area contributed by atoms with E-state index >= 15 is 0 Å². The second-order valence-electron chi connectivity index (χ2n) is 10.1. The third-order valence-corrected chi connectivity index (χ3v) is 7.55. The molecule has 0 aliphatic heterocycles. The first-order valence-electron chi connectivity index (χ1n) is 13.3. The third kappa shape index (κ3) is 4.78. The lowest BCUT2D eigenvalue weighted by Crippen LogP contribution is -2.03. The molecule has 0 N–H and O–H groups in total. The fourth-order valence-electron chi connectivity index (χ4n) is 5.35. The first-order valence-corrected chi connectivity index (χ1v) is 13.3. The third-order valence-electron chi connectivity index (χ3n) is 7.55. The van der Waals surface area contributed by atoms with Crippen LogP contribution in [0.2, 0.25) is 0 Å². The molecule has 0 radical (unpaired) electrons. The van der Waals surface area contributed by atoms with Crippen molar-refractivity contribution in [2.24, 2.45) is 0 Å². The van der Waals surface area contributed by atoms with Gasteiger partial charge in [-0.3, -0.25) is 0 Å². The Bertz CT molecular complexity index is 2000. The standard InChI is InChI=1S/C37H23F3O/c38-37(39,40)32-19-16-25(17-20-32)24-8-10-26(11-9-24)29-4-3-5-30(22-29)27-12-14-28(15-13-27)31-18-21-36-34(23-31)33-6-1-2-7-35(33)41-36/h1-23H. The largest absolute Gasteiger partial charge is 0.456 e. The summed E-state index contributed by atoms with van der Waals surface area (Å²) in [5.41, 5.74) is 9.37. The second kappa shape index (κ2) is 9.83. The Hall–Kier alpha value is -5.09. The maximum atomic E-state index is 12.9. The molecule has 0 bridgehead atoms. The van der Waals surface area contributed by atoms with Crippen molar-refractivity contribution in [1.29, 1.82) is 0 Å². The van der Waals surface area contributed by atoms with Crippen LogP contribution in [0.3, 0.4) is 0 Å². The van der Waals surface area contributed by atoms with Gasteiger partial charge in [0.25, 0.3) is 0 Å². The van der Waals surface area contributed by atoms with Gasteiger partial charge < -0.3 is 4.42 Å². The van der Waals surface area contributed by atoms with Gasteiger partial charge in [0.15, 0.2) is 0 Å². The summed E-state index contributed by atoms with van der Waals surface area (Å²) < 4.78 is 44.7. The number of hydrogen-bond donors (Lipinski definition) is 0. The highest BCUT2D eigenvalue weighted by molar-refractivity contribution is 6.06. The van der Waals surface area contributed by atoms with Crippen molar-refractivity contribution in [2.75, 3.05) is 0 Å². The average molecular weight is 541 g/mol. The Kier molecular flexibility index (Phi) is 5.97. The van der Waals surface area contributed by atoms with Crippen LogP contribution in [0.4, 0.5) is 13.2 Å². The Morgan fingerprint density at radius 1 is 0.366 bits per heavy atom. The van der Waals surface area contributed by atoms with Gasteiger partial charge >= 0.3 is 6.18 Å². The number of para-hydroxylation sites is 1. The molecular formula is C37H23F3O. The fourth-order valence-corrected chi connectivity index (χ4v) is 5.35. The molecule has 41 heavy (non-hydrogen) atoms. The lowest BCUT2D eigenvalue weighted by Gasteiger charge is -2.10. The van der Waals surface area contributed by atoms with Crippen molar-refractivity contribution in [3.63, 3.8) is 0 Å². The summed E-state index contributed by atoms with van der Waals surface area (Å²) in [6.07, 6.45) is -4.34. The van der Waals surface area contributed by atoms with Gasteiger partial charge in [-0.1, -0.05) is 103 Å². The minimum absolute atomic E-state index is 0.643. The maximum absolute atomic E-state index is 12.9. The van der Waals surface area contributed by atoms with Crippen molar-refractivity contribution in [3.8, 4) is 44.5 Å². The van der Waals surface area contributed by atoms with E-state index in [4.69, 9.17) is 4.42 Å². The summed E-state index contributed by atoms with van der Waals surface area (Å²) in [5, 5.41) is 2.23. The Morgan fingerprint density at radius 2 is 0.805 bits per heavy atom. The minimum Gasteiger partial charge on any atom is -0.456 e. The molecule has 6 aromatic carbocycles. The zero-order valence-electron chi connectivity index (χ0n) is 21.8. The predicted molar refractivity (Wildman–Crippen MR) is 160 cm³/mol. The molecule has 0 amide bonds. The van der Waals surface area contributed by atoms with Crippen LogP contribution in [0.5, 0.6) is 0 Å². The predicted octanol–water partition coefficient (Wildman–Crippen LogP) is 11.3. The molecule has 7 aromatic rings. The molecule has 198 valence electrons. The highest BCUT2D eigenvalue weighted by Crippen LogP contribution is 2.35. The Labute approximate surface area is 235 Å². The van der Waals surface area contributed by atoms with Gasteiger partial charge in [-0.25, -0.2) is 0 Å². The van der Waals surface area contributed by atoms with Crippen LogP contribution in [0.15, 0.2) is 144 Å². The SMILES string of the molecule is FC(F)(F)c1ccc(-c2ccc(-c3cccc(-c4ccc(-c5ccc6oc7ccccc7c6c5)cc4)c3)cc2)cc1. The van der Waals surface area contributed by atoms with Gasteiger partial charge in [-0.2, -0.15) is 13.2 Å². The van der Waals surface area contributed by atoms with E-state index in [-0.39, 0.29) is 0 Å². The molecule has 0 atom stereocenters. The average Bonchev–Trinajstić information content (AvgIpc) is 3.39. The number of benzene rings is 6. The van der Waals surface area contributed by atoms with Gasteiger partial charge in [-0.05, 0) is 80.9 Å².